The number of nitrogens with zero attached hydrogens (tertiary/aromatic N) is 2. The van der Waals surface area contributed by atoms with Gasteiger partial charge < -0.3 is 9.80 Å². The molecule has 1 aliphatic rings. The zero-order chi connectivity index (χ0) is 17.9. The second-order valence-electron chi connectivity index (χ2n) is 7.03. The normalized spacial score (nSPS) is 20.2. The number of para-hydroxylation sites is 2. The second-order valence-corrected chi connectivity index (χ2v) is 8.09. The number of carbonyl (C=O) groups is 1. The second kappa shape index (κ2) is 7.56. The molecule has 4 rings (SSSR count). The van der Waals surface area contributed by atoms with Gasteiger partial charge >= 0.3 is 0 Å². The monoisotopic (exact) mass is 366 g/mol. The fourth-order valence-electron chi connectivity index (χ4n) is 3.72. The fraction of sp³-hybridized carbons (Fsp3) is 0.333. The summed E-state index contributed by atoms with van der Waals surface area (Å²) in [6, 6.07) is 18.2. The van der Waals surface area contributed by atoms with Gasteiger partial charge in [-0.3, -0.25) is 4.79 Å². The van der Waals surface area contributed by atoms with E-state index in [-0.39, 0.29) is 5.91 Å². The molecule has 5 heteroatoms. The van der Waals surface area contributed by atoms with Crippen molar-refractivity contribution in [2.24, 2.45) is 0 Å². The van der Waals surface area contributed by atoms with Gasteiger partial charge in [0, 0.05) is 12.7 Å². The molecule has 0 bridgehead atoms. The average molecular weight is 367 g/mol. The van der Waals surface area contributed by atoms with Crippen LogP contribution in [0.25, 0.3) is 10.2 Å². The Morgan fingerprint density at radius 3 is 2.77 bits per heavy atom. The number of likely N-dealkylation sites (N-methyl/N-ethyl adjacent to an activating group) is 1. The van der Waals surface area contributed by atoms with E-state index in [1.165, 1.54) is 21.0 Å². The lowest BCUT2D eigenvalue weighted by atomic mass is 9.98. The molecule has 2 aromatic carbocycles. The highest BCUT2D eigenvalue weighted by Crippen LogP contribution is 2.30. The zero-order valence-electron chi connectivity index (χ0n) is 15.0. The van der Waals surface area contributed by atoms with Crippen LogP contribution in [0.2, 0.25) is 0 Å². The Balaban J connectivity index is 1.42. The lowest BCUT2D eigenvalue weighted by Crippen LogP contribution is -3.14. The minimum Gasteiger partial charge on any atom is -0.327 e. The van der Waals surface area contributed by atoms with Gasteiger partial charge in [-0.25, -0.2) is 4.98 Å². The molecule has 1 saturated heterocycles. The molecule has 2 atom stereocenters. The molecule has 134 valence electrons. The molecule has 1 aliphatic heterocycles. The number of piperidine rings is 1. The van der Waals surface area contributed by atoms with E-state index < -0.39 is 0 Å². The maximum Gasteiger partial charge on any atom is 0.281 e. The van der Waals surface area contributed by atoms with Crippen LogP contribution in [-0.4, -0.2) is 37.6 Å². The summed E-state index contributed by atoms with van der Waals surface area (Å²) in [5.41, 5.74) is 2.05. The van der Waals surface area contributed by atoms with E-state index in [0.29, 0.717) is 12.5 Å². The van der Waals surface area contributed by atoms with Crippen LogP contribution in [0.1, 0.15) is 23.8 Å². The van der Waals surface area contributed by atoms with E-state index in [2.05, 4.69) is 18.2 Å². The van der Waals surface area contributed by atoms with Crippen LogP contribution in [-0.2, 0) is 4.79 Å². The first kappa shape index (κ1) is 17.2. The molecule has 4 nitrogen and oxygen atoms in total. The van der Waals surface area contributed by atoms with E-state index in [9.17, 15) is 4.79 Å². The molecule has 1 N–H and O–H groups in total. The van der Waals surface area contributed by atoms with Crippen LogP contribution < -0.4 is 9.80 Å². The summed E-state index contributed by atoms with van der Waals surface area (Å²) in [5, 5.41) is 1.23. The summed E-state index contributed by atoms with van der Waals surface area (Å²) in [6.45, 7) is 2.61. The van der Waals surface area contributed by atoms with Crippen LogP contribution >= 0.6 is 11.3 Å². The number of benzene rings is 2. The summed E-state index contributed by atoms with van der Waals surface area (Å²) in [5.74, 6) is 0.641. The van der Waals surface area contributed by atoms with Gasteiger partial charge in [-0.2, -0.15) is 0 Å². The van der Waals surface area contributed by atoms with Crippen molar-refractivity contribution in [3.05, 3.63) is 59.6 Å². The van der Waals surface area contributed by atoms with Crippen LogP contribution in [0.5, 0.6) is 0 Å². The highest BCUT2D eigenvalue weighted by Gasteiger charge is 2.29. The number of likely N-dealkylation sites (tertiary alicyclic amines) is 1. The van der Waals surface area contributed by atoms with Gasteiger partial charge in [-0.05, 0) is 37.1 Å². The first-order valence-electron chi connectivity index (χ1n) is 9.21. The third kappa shape index (κ3) is 3.64. The number of hydrogen-bond acceptors (Lipinski definition) is 3. The smallest absolute Gasteiger partial charge is 0.281 e. The number of hydrogen-bond donors (Lipinski definition) is 1. The van der Waals surface area contributed by atoms with E-state index in [0.717, 1.165) is 30.7 Å². The van der Waals surface area contributed by atoms with Gasteiger partial charge in [0.15, 0.2) is 6.54 Å². The summed E-state index contributed by atoms with van der Waals surface area (Å²) in [4.78, 5) is 20.7. The highest BCUT2D eigenvalue weighted by atomic mass is 32.1. The first-order chi connectivity index (χ1) is 12.7. The Kier molecular flexibility index (Phi) is 5.00. The molecular weight excluding hydrogens is 342 g/mol. The predicted molar refractivity (Wildman–Crippen MR) is 107 cm³/mol. The highest BCUT2D eigenvalue weighted by molar-refractivity contribution is 7.18. The van der Waals surface area contributed by atoms with Crippen molar-refractivity contribution in [1.82, 2.24) is 4.98 Å². The van der Waals surface area contributed by atoms with Crippen molar-refractivity contribution in [2.75, 3.05) is 31.6 Å². The number of amides is 1. The van der Waals surface area contributed by atoms with Gasteiger partial charge in [0.05, 0.1) is 29.2 Å². The van der Waals surface area contributed by atoms with E-state index in [1.807, 2.05) is 54.8 Å². The molecule has 1 fully saturated rings. The Morgan fingerprint density at radius 2 is 1.96 bits per heavy atom. The minimum absolute atomic E-state index is 0.177. The Bertz CT molecular complexity index is 859. The number of rotatable bonds is 4. The number of anilines is 1. The average Bonchev–Trinajstić information content (AvgIpc) is 3.12. The molecule has 0 radical (unpaired) electrons. The summed E-state index contributed by atoms with van der Waals surface area (Å²) in [7, 11) is 1.87. The Labute approximate surface area is 158 Å². The molecule has 1 amide bonds. The first-order valence-corrected chi connectivity index (χ1v) is 10.0. The molecule has 0 aliphatic carbocycles. The number of thiazole rings is 1. The van der Waals surface area contributed by atoms with Crippen molar-refractivity contribution in [2.45, 2.75) is 18.8 Å². The van der Waals surface area contributed by atoms with Crippen molar-refractivity contribution >= 4 is 33.1 Å². The Hall–Kier alpha value is -2.24. The molecule has 1 unspecified atom stereocenters. The lowest BCUT2D eigenvalue weighted by molar-refractivity contribution is -0.898. The molecular formula is C21H24N3OS+. The standard InChI is InChI=1S/C21H23N3OS/c1-23(17-9-3-2-4-10-17)20(25)15-24-13-7-8-16(14-24)21-22-18-11-5-6-12-19(18)26-21/h2-6,9-12,16H,7-8,13-15H2,1H3/p+1/t16-/m0/s1. The maximum absolute atomic E-state index is 12.7. The third-order valence-electron chi connectivity index (χ3n) is 5.20. The van der Waals surface area contributed by atoms with Gasteiger partial charge in [-0.15, -0.1) is 11.3 Å². The third-order valence-corrected chi connectivity index (χ3v) is 6.40. The fourth-order valence-corrected chi connectivity index (χ4v) is 4.82. The molecule has 0 spiro atoms. The van der Waals surface area contributed by atoms with Crippen molar-refractivity contribution in [1.29, 1.82) is 0 Å². The van der Waals surface area contributed by atoms with E-state index >= 15 is 0 Å². The van der Waals surface area contributed by atoms with Crippen LogP contribution in [0.4, 0.5) is 5.69 Å². The van der Waals surface area contributed by atoms with Crippen LogP contribution in [0.3, 0.4) is 0 Å². The van der Waals surface area contributed by atoms with Gasteiger partial charge in [0.1, 0.15) is 5.01 Å². The molecule has 3 aromatic rings. The number of aromatic nitrogens is 1. The summed E-state index contributed by atoms with van der Waals surface area (Å²) < 4.78 is 1.26. The van der Waals surface area contributed by atoms with Crippen LogP contribution in [0.15, 0.2) is 54.6 Å². The number of quaternary nitrogens is 1. The topological polar surface area (TPSA) is 37.6 Å². The summed E-state index contributed by atoms with van der Waals surface area (Å²) >= 11 is 1.81. The SMILES string of the molecule is CN(C(=O)C[NH+]1CCC[C@H](c2nc3ccccc3s2)C1)c1ccccc1. The number of nitrogens with one attached hydrogen (secondary N) is 1. The van der Waals surface area contributed by atoms with Crippen molar-refractivity contribution in [3.8, 4) is 0 Å². The lowest BCUT2D eigenvalue weighted by Gasteiger charge is -2.29. The number of fused-ring (bicyclic) bond motifs is 1. The van der Waals surface area contributed by atoms with Gasteiger partial charge in [0.2, 0.25) is 0 Å². The van der Waals surface area contributed by atoms with Gasteiger partial charge in [0.25, 0.3) is 5.91 Å². The maximum atomic E-state index is 12.7. The van der Waals surface area contributed by atoms with Crippen LogP contribution in [0, 0.1) is 0 Å². The predicted octanol–water partition coefficient (Wildman–Crippen LogP) is 2.72. The van der Waals surface area contributed by atoms with Crippen molar-refractivity contribution in [3.63, 3.8) is 0 Å². The minimum atomic E-state index is 0.177. The molecule has 1 aromatic heterocycles. The quantitative estimate of drug-likeness (QED) is 0.771. The van der Waals surface area contributed by atoms with Crippen molar-refractivity contribution < 1.29 is 9.69 Å². The zero-order valence-corrected chi connectivity index (χ0v) is 15.8. The number of carbonyl (C=O) groups excluding carboxylic acids is 1. The largest absolute Gasteiger partial charge is 0.327 e. The molecule has 0 saturated carbocycles. The van der Waals surface area contributed by atoms with Gasteiger partial charge in [-0.1, -0.05) is 30.3 Å². The molecule has 26 heavy (non-hydrogen) atoms. The van der Waals surface area contributed by atoms with E-state index in [1.54, 1.807) is 4.90 Å². The Morgan fingerprint density at radius 1 is 1.19 bits per heavy atom. The molecule has 2 heterocycles. The summed E-state index contributed by atoms with van der Waals surface area (Å²) in [6.07, 6.45) is 2.32. The van der Waals surface area contributed by atoms with E-state index in [4.69, 9.17) is 4.98 Å².